The smallest absolute Gasteiger partial charge is 0.513 e. The second-order valence-corrected chi connectivity index (χ2v) is 7.76. The molecule has 4 nitrogen and oxygen atoms in total. The van der Waals surface area contributed by atoms with Crippen LogP contribution < -0.4 is 12.4 Å². The molecule has 1 amide bonds. The van der Waals surface area contributed by atoms with Crippen molar-refractivity contribution in [3.63, 3.8) is 0 Å². The molecule has 1 aliphatic heterocycles. The number of hydrogen-bond acceptors (Lipinski definition) is 2. The van der Waals surface area contributed by atoms with Gasteiger partial charge in [0.05, 0.1) is 13.6 Å². The summed E-state index contributed by atoms with van der Waals surface area (Å²) in [5, 5.41) is 9.88. The highest BCUT2D eigenvalue weighted by Gasteiger charge is 2.51. The Balaban J connectivity index is 0.00000288. The molecule has 1 aromatic rings. The highest BCUT2D eigenvalue weighted by atomic mass is 35.5. The van der Waals surface area contributed by atoms with Crippen molar-refractivity contribution in [1.82, 2.24) is 4.90 Å². The third-order valence-corrected chi connectivity index (χ3v) is 5.58. The van der Waals surface area contributed by atoms with Crippen molar-refractivity contribution < 1.29 is 26.8 Å². The summed E-state index contributed by atoms with van der Waals surface area (Å²) >= 11 is 0. The summed E-state index contributed by atoms with van der Waals surface area (Å²) in [7, 11) is 6.14. The van der Waals surface area contributed by atoms with Crippen LogP contribution in [-0.4, -0.2) is 60.4 Å². The molecule has 0 aromatic heterocycles. The number of likely N-dealkylation sites (tertiary alicyclic amines) is 1. The first-order valence-corrected chi connectivity index (χ1v) is 8.54. The Morgan fingerprint density at radius 2 is 1.88 bits per heavy atom. The first-order chi connectivity index (χ1) is 10.8. The molecule has 0 bridgehead atoms. The largest absolute Gasteiger partial charge is 1.00 e. The van der Waals surface area contributed by atoms with Gasteiger partial charge in [0, 0.05) is 24.3 Å². The van der Waals surface area contributed by atoms with Crippen LogP contribution in [0.25, 0.3) is 0 Å². The topological polar surface area (TPSA) is 40.5 Å². The molecule has 0 aliphatic carbocycles. The monoisotopic (exact) mass is 354 g/mol. The van der Waals surface area contributed by atoms with E-state index in [1.807, 2.05) is 13.1 Å². The molecule has 4 unspecified atom stereocenters. The molecule has 0 saturated carbocycles. The average Bonchev–Trinajstić information content (AvgIpc) is 2.47. The number of piperidine rings is 1. The molecule has 1 heterocycles. The van der Waals surface area contributed by atoms with Crippen LogP contribution >= 0.6 is 0 Å². The van der Waals surface area contributed by atoms with Crippen LogP contribution in [-0.2, 0) is 6.42 Å². The van der Waals surface area contributed by atoms with Crippen LogP contribution in [0.2, 0.25) is 0 Å². The van der Waals surface area contributed by atoms with Gasteiger partial charge in [-0.25, -0.2) is 4.48 Å². The molecule has 1 fully saturated rings. The Morgan fingerprint density at radius 3 is 2.33 bits per heavy atom. The van der Waals surface area contributed by atoms with Gasteiger partial charge in [0.25, 0.3) is 0 Å². The average molecular weight is 355 g/mol. The van der Waals surface area contributed by atoms with E-state index in [1.165, 1.54) is 5.56 Å². The third-order valence-electron chi connectivity index (χ3n) is 5.58. The van der Waals surface area contributed by atoms with E-state index in [1.54, 1.807) is 0 Å². The van der Waals surface area contributed by atoms with E-state index < -0.39 is 6.09 Å². The van der Waals surface area contributed by atoms with Crippen molar-refractivity contribution >= 4 is 6.09 Å². The van der Waals surface area contributed by atoms with Gasteiger partial charge in [-0.3, -0.25) is 0 Å². The Morgan fingerprint density at radius 1 is 1.29 bits per heavy atom. The lowest BCUT2D eigenvalue weighted by atomic mass is 9.78. The summed E-state index contributed by atoms with van der Waals surface area (Å²) in [5.41, 5.74) is 1.30. The highest BCUT2D eigenvalue weighted by Crippen LogP contribution is 2.35. The minimum atomic E-state index is -0.695. The summed E-state index contributed by atoms with van der Waals surface area (Å²) in [5.74, 6) is 0.708. The Hall–Kier alpha value is -1.10. The van der Waals surface area contributed by atoms with Crippen LogP contribution in [0.4, 0.5) is 4.79 Å². The van der Waals surface area contributed by atoms with E-state index in [0.717, 1.165) is 12.8 Å². The molecule has 136 valence electrons. The summed E-state index contributed by atoms with van der Waals surface area (Å²) in [6, 6.07) is 11.0. The maximum Gasteiger partial charge on any atom is 0.513 e. The maximum absolute atomic E-state index is 12.0. The fourth-order valence-electron chi connectivity index (χ4n) is 4.32. The number of rotatable bonds is 4. The Kier molecular flexibility index (Phi) is 7.26. The number of carboxylic acid groups (broad SMARTS) is 1. The number of amides is 1. The molecular formula is C19H31ClN2O2. The second-order valence-electron chi connectivity index (χ2n) is 7.76. The van der Waals surface area contributed by atoms with Crippen molar-refractivity contribution in [3.8, 4) is 0 Å². The van der Waals surface area contributed by atoms with Crippen molar-refractivity contribution in [3.05, 3.63) is 35.9 Å². The molecule has 4 atom stereocenters. The van der Waals surface area contributed by atoms with Crippen molar-refractivity contribution in [2.45, 2.75) is 38.8 Å². The van der Waals surface area contributed by atoms with Gasteiger partial charge in [0.1, 0.15) is 6.04 Å². The summed E-state index contributed by atoms with van der Waals surface area (Å²) in [4.78, 5) is 14.3. The molecule has 1 aliphatic rings. The number of hydrogen-bond donors (Lipinski definition) is 1. The van der Waals surface area contributed by atoms with E-state index in [0.29, 0.717) is 24.4 Å². The van der Waals surface area contributed by atoms with E-state index in [9.17, 15) is 9.90 Å². The van der Waals surface area contributed by atoms with Crippen molar-refractivity contribution in [2.24, 2.45) is 11.8 Å². The molecule has 24 heavy (non-hydrogen) atoms. The standard InChI is InChI=1S/C19H30N2O2.ClH/c1-14(2)18-12-17(20(3)4)16(13-21(18,5)19(22)23)11-15-9-7-6-8-10-15;/h6-10,14,16-18H,11-13H2,1-5H3;1H. The molecule has 2 rings (SSSR count). The van der Waals surface area contributed by atoms with Crippen LogP contribution in [0, 0.1) is 11.8 Å². The second kappa shape index (κ2) is 8.32. The molecule has 1 aromatic carbocycles. The quantitative estimate of drug-likeness (QED) is 0.792. The van der Waals surface area contributed by atoms with E-state index >= 15 is 0 Å². The van der Waals surface area contributed by atoms with Gasteiger partial charge in [-0.1, -0.05) is 44.2 Å². The molecule has 0 spiro atoms. The van der Waals surface area contributed by atoms with E-state index in [-0.39, 0.29) is 22.9 Å². The first kappa shape index (κ1) is 20.9. The van der Waals surface area contributed by atoms with Gasteiger partial charge < -0.3 is 22.4 Å². The first-order valence-electron chi connectivity index (χ1n) is 8.54. The van der Waals surface area contributed by atoms with Crippen LogP contribution in [0.15, 0.2) is 30.3 Å². The molecule has 1 N–H and O–H groups in total. The zero-order valence-corrected chi connectivity index (χ0v) is 16.2. The molecule has 0 radical (unpaired) electrons. The summed E-state index contributed by atoms with van der Waals surface area (Å²) in [6.07, 6.45) is 1.18. The molecule has 5 heteroatoms. The zero-order valence-electron chi connectivity index (χ0n) is 15.4. The van der Waals surface area contributed by atoms with Gasteiger partial charge in [0.15, 0.2) is 0 Å². The van der Waals surface area contributed by atoms with Crippen LogP contribution in [0.5, 0.6) is 0 Å². The van der Waals surface area contributed by atoms with E-state index in [4.69, 9.17) is 0 Å². The van der Waals surface area contributed by atoms with Crippen LogP contribution in [0.3, 0.4) is 0 Å². The molecular weight excluding hydrogens is 324 g/mol. The SMILES string of the molecule is CC(C)C1CC(N(C)C)C(Cc2ccccc2)C[N+]1(C)C(=O)O.[Cl-]. The third kappa shape index (κ3) is 4.29. The number of benzene rings is 1. The minimum absolute atomic E-state index is 0. The fraction of sp³-hybridized carbons (Fsp3) is 0.632. The van der Waals surface area contributed by atoms with E-state index in [2.05, 4.69) is 57.1 Å². The van der Waals surface area contributed by atoms with Crippen LogP contribution in [0.1, 0.15) is 25.8 Å². The molecule has 1 saturated heterocycles. The van der Waals surface area contributed by atoms with Gasteiger partial charge >= 0.3 is 6.09 Å². The van der Waals surface area contributed by atoms with Gasteiger partial charge in [-0.2, -0.15) is 4.79 Å². The highest BCUT2D eigenvalue weighted by molar-refractivity contribution is 5.57. The van der Waals surface area contributed by atoms with Crippen molar-refractivity contribution in [2.75, 3.05) is 27.7 Å². The number of quaternary nitrogens is 1. The lowest BCUT2D eigenvalue weighted by molar-refractivity contribution is -0.877. The Bertz CT molecular complexity index is 535. The predicted molar refractivity (Wildman–Crippen MR) is 93.4 cm³/mol. The van der Waals surface area contributed by atoms with Gasteiger partial charge in [0.2, 0.25) is 0 Å². The number of nitrogens with zero attached hydrogens (tertiary/aromatic N) is 2. The fourth-order valence-corrected chi connectivity index (χ4v) is 4.32. The number of carbonyl (C=O) groups is 1. The van der Waals surface area contributed by atoms with Gasteiger partial charge in [-0.05, 0) is 26.1 Å². The summed E-state index contributed by atoms with van der Waals surface area (Å²) in [6.45, 7) is 4.98. The zero-order chi connectivity index (χ0) is 17.2. The predicted octanol–water partition coefficient (Wildman–Crippen LogP) is 0.332. The minimum Gasteiger partial charge on any atom is -1.00 e. The summed E-state index contributed by atoms with van der Waals surface area (Å²) < 4.78 is 0.138. The maximum atomic E-state index is 12.0. The van der Waals surface area contributed by atoms with Crippen molar-refractivity contribution in [1.29, 1.82) is 0 Å². The normalized spacial score (nSPS) is 30.2. The lowest BCUT2D eigenvalue weighted by Crippen LogP contribution is -3.00. The number of halogens is 1. The van der Waals surface area contributed by atoms with Gasteiger partial charge in [-0.15, -0.1) is 0 Å². The lowest BCUT2D eigenvalue weighted by Gasteiger charge is -2.49. The Labute approximate surface area is 152 Å².